The molecule has 0 radical (unpaired) electrons. The maximum absolute atomic E-state index is 12.6. The molecule has 8 nitrogen and oxygen atoms in total. The highest BCUT2D eigenvalue weighted by atomic mass is 16.6. The predicted molar refractivity (Wildman–Crippen MR) is 104 cm³/mol. The van der Waals surface area contributed by atoms with Gasteiger partial charge in [0.2, 0.25) is 5.75 Å². The van der Waals surface area contributed by atoms with E-state index in [0.717, 1.165) is 0 Å². The van der Waals surface area contributed by atoms with Crippen LogP contribution in [0.25, 0.3) is 17.0 Å². The number of carbonyl (C=O) groups is 1. The van der Waals surface area contributed by atoms with Crippen molar-refractivity contribution in [3.63, 3.8) is 0 Å². The Morgan fingerprint density at radius 3 is 2.36 bits per heavy atom. The van der Waals surface area contributed by atoms with Gasteiger partial charge < -0.3 is 19.2 Å². The molecule has 3 rings (SSSR count). The van der Waals surface area contributed by atoms with Gasteiger partial charge in [0.25, 0.3) is 5.69 Å². The number of non-ortho nitro benzene ring substituents is 1. The Kier molecular flexibility index (Phi) is 5.30. The lowest BCUT2D eigenvalue weighted by atomic mass is 10.1. The Bertz CT molecular complexity index is 1060. The van der Waals surface area contributed by atoms with E-state index in [9.17, 15) is 14.9 Å². The van der Waals surface area contributed by atoms with Crippen molar-refractivity contribution >= 4 is 28.4 Å². The van der Waals surface area contributed by atoms with Crippen molar-refractivity contribution < 1.29 is 23.9 Å². The lowest BCUT2D eigenvalue weighted by Gasteiger charge is -2.13. The van der Waals surface area contributed by atoms with Crippen LogP contribution in [0.4, 0.5) is 5.69 Å². The minimum Gasteiger partial charge on any atom is -0.493 e. The zero-order chi connectivity index (χ0) is 20.3. The second-order valence-corrected chi connectivity index (χ2v) is 5.81. The molecule has 8 heteroatoms. The van der Waals surface area contributed by atoms with Crippen molar-refractivity contribution in [2.45, 2.75) is 0 Å². The maximum atomic E-state index is 12.6. The van der Waals surface area contributed by atoms with Crippen LogP contribution < -0.4 is 14.2 Å². The summed E-state index contributed by atoms with van der Waals surface area (Å²) in [4.78, 5) is 26.2. The second kappa shape index (κ2) is 7.83. The summed E-state index contributed by atoms with van der Waals surface area (Å²) >= 11 is 0. The van der Waals surface area contributed by atoms with Gasteiger partial charge in [-0.15, -0.1) is 0 Å². The number of H-pyrrole nitrogens is 1. The van der Waals surface area contributed by atoms with E-state index in [1.165, 1.54) is 33.5 Å². The molecule has 0 aliphatic heterocycles. The first kappa shape index (κ1) is 19.0. The summed E-state index contributed by atoms with van der Waals surface area (Å²) in [6.07, 6.45) is 4.62. The Hall–Kier alpha value is -3.81. The van der Waals surface area contributed by atoms with Gasteiger partial charge in [-0.3, -0.25) is 14.9 Å². The number of ketones is 1. The number of allylic oxidation sites excluding steroid dienone is 1. The van der Waals surface area contributed by atoms with Gasteiger partial charge in [-0.2, -0.15) is 0 Å². The Labute approximate surface area is 160 Å². The van der Waals surface area contributed by atoms with Crippen LogP contribution in [0, 0.1) is 10.1 Å². The van der Waals surface area contributed by atoms with Crippen LogP contribution in [0.2, 0.25) is 0 Å². The Balaban J connectivity index is 1.96. The lowest BCUT2D eigenvalue weighted by Crippen LogP contribution is -2.00. The molecule has 0 aliphatic carbocycles. The summed E-state index contributed by atoms with van der Waals surface area (Å²) in [5.74, 6) is 0.871. The van der Waals surface area contributed by atoms with Crippen molar-refractivity contribution in [1.29, 1.82) is 0 Å². The van der Waals surface area contributed by atoms with Gasteiger partial charge in [0.05, 0.1) is 26.3 Å². The molecule has 0 atom stereocenters. The number of nitrogens with one attached hydrogen (secondary N) is 1. The van der Waals surface area contributed by atoms with E-state index in [1.807, 2.05) is 0 Å². The molecule has 0 saturated heterocycles. The molecular weight excluding hydrogens is 364 g/mol. The average molecular weight is 382 g/mol. The van der Waals surface area contributed by atoms with Crippen LogP contribution >= 0.6 is 0 Å². The molecule has 3 aromatic rings. The van der Waals surface area contributed by atoms with Gasteiger partial charge in [-0.25, -0.2) is 0 Å². The van der Waals surface area contributed by atoms with Crippen LogP contribution in [-0.2, 0) is 0 Å². The number of methoxy groups -OCH3 is 3. The second-order valence-electron chi connectivity index (χ2n) is 5.81. The molecule has 28 heavy (non-hydrogen) atoms. The van der Waals surface area contributed by atoms with Gasteiger partial charge in [-0.1, -0.05) is 12.1 Å². The summed E-state index contributed by atoms with van der Waals surface area (Å²) in [6, 6.07) is 7.91. The normalized spacial score (nSPS) is 11.0. The third-order valence-corrected chi connectivity index (χ3v) is 4.29. The number of hydrogen-bond acceptors (Lipinski definition) is 6. The fourth-order valence-corrected chi connectivity index (χ4v) is 2.94. The van der Waals surface area contributed by atoms with Crippen LogP contribution in [0.3, 0.4) is 0 Å². The molecule has 1 aromatic heterocycles. The Morgan fingerprint density at radius 2 is 1.79 bits per heavy atom. The summed E-state index contributed by atoms with van der Waals surface area (Å²) in [6.45, 7) is 0. The number of ether oxygens (including phenoxy) is 3. The minimum absolute atomic E-state index is 0.0203. The van der Waals surface area contributed by atoms with Crippen LogP contribution in [0.1, 0.15) is 15.9 Å². The maximum Gasteiger partial charge on any atom is 0.293 e. The monoisotopic (exact) mass is 382 g/mol. The van der Waals surface area contributed by atoms with Crippen molar-refractivity contribution in [3.8, 4) is 17.2 Å². The number of nitrogens with zero attached hydrogens (tertiary/aromatic N) is 1. The molecule has 0 bridgehead atoms. The number of benzene rings is 2. The number of aromatic amines is 1. The molecule has 0 aliphatic rings. The van der Waals surface area contributed by atoms with Crippen molar-refractivity contribution in [2.75, 3.05) is 21.3 Å². The molecule has 0 amide bonds. The minimum atomic E-state index is -0.451. The summed E-state index contributed by atoms with van der Waals surface area (Å²) in [5, 5.41) is 11.8. The van der Waals surface area contributed by atoms with Gasteiger partial charge in [0.15, 0.2) is 17.3 Å². The third kappa shape index (κ3) is 3.39. The number of para-hydroxylation sites is 1. The molecule has 144 valence electrons. The van der Waals surface area contributed by atoms with Crippen LogP contribution in [0.15, 0.2) is 42.6 Å². The van der Waals surface area contributed by atoms with Crippen molar-refractivity contribution in [2.24, 2.45) is 0 Å². The smallest absolute Gasteiger partial charge is 0.293 e. The largest absolute Gasteiger partial charge is 0.493 e. The van der Waals surface area contributed by atoms with E-state index < -0.39 is 4.92 Å². The van der Waals surface area contributed by atoms with E-state index in [4.69, 9.17) is 14.2 Å². The average Bonchev–Trinajstić information content (AvgIpc) is 3.13. The first-order chi connectivity index (χ1) is 13.5. The molecule has 2 aromatic carbocycles. The van der Waals surface area contributed by atoms with Gasteiger partial charge in [0.1, 0.15) is 5.52 Å². The zero-order valence-corrected chi connectivity index (χ0v) is 15.5. The van der Waals surface area contributed by atoms with E-state index in [-0.39, 0.29) is 11.5 Å². The highest BCUT2D eigenvalue weighted by Crippen LogP contribution is 2.38. The standard InChI is InChI=1S/C20H18N2O6/c1-26-17-9-13(10-18(27-2)20(17)28-3)16(23)8-7-12-11-21-19-14(12)5-4-6-15(19)22(24)25/h4-11,21H,1-3H3. The molecule has 0 fully saturated rings. The van der Waals surface area contributed by atoms with E-state index in [2.05, 4.69) is 4.98 Å². The first-order valence-corrected chi connectivity index (χ1v) is 8.27. The van der Waals surface area contributed by atoms with Gasteiger partial charge in [-0.05, 0) is 24.3 Å². The summed E-state index contributed by atoms with van der Waals surface area (Å²) in [7, 11) is 4.43. The summed E-state index contributed by atoms with van der Waals surface area (Å²) < 4.78 is 15.8. The van der Waals surface area contributed by atoms with E-state index in [1.54, 1.807) is 36.5 Å². The number of aromatic nitrogens is 1. The first-order valence-electron chi connectivity index (χ1n) is 8.27. The number of nitro benzene ring substituents is 1. The van der Waals surface area contributed by atoms with E-state index in [0.29, 0.717) is 39.3 Å². The quantitative estimate of drug-likeness (QED) is 0.287. The zero-order valence-electron chi connectivity index (χ0n) is 15.5. The molecule has 1 N–H and O–H groups in total. The molecule has 0 unspecified atom stereocenters. The predicted octanol–water partition coefficient (Wildman–Crippen LogP) is 4.00. The number of carbonyl (C=O) groups excluding carboxylic acids is 1. The van der Waals surface area contributed by atoms with Gasteiger partial charge in [0, 0.05) is 28.8 Å². The number of nitro groups is 1. The van der Waals surface area contributed by atoms with Crippen LogP contribution in [0.5, 0.6) is 17.2 Å². The molecule has 0 saturated carbocycles. The number of hydrogen-bond donors (Lipinski definition) is 1. The SMILES string of the molecule is COc1cc(C(=O)C=Cc2c[nH]c3c([N+](=O)[O-])cccc23)cc(OC)c1OC. The topological polar surface area (TPSA) is 104 Å². The van der Waals surface area contributed by atoms with E-state index >= 15 is 0 Å². The van der Waals surface area contributed by atoms with Crippen molar-refractivity contribution in [3.05, 3.63) is 63.8 Å². The molecule has 1 heterocycles. The van der Waals surface area contributed by atoms with Gasteiger partial charge >= 0.3 is 0 Å². The highest BCUT2D eigenvalue weighted by molar-refractivity contribution is 6.08. The summed E-state index contributed by atoms with van der Waals surface area (Å²) in [5.41, 5.74) is 1.41. The number of rotatable bonds is 7. The lowest BCUT2D eigenvalue weighted by molar-refractivity contribution is -0.383. The molecular formula is C20H18N2O6. The highest BCUT2D eigenvalue weighted by Gasteiger charge is 2.17. The molecule has 0 spiro atoms. The fourth-order valence-electron chi connectivity index (χ4n) is 2.94. The fraction of sp³-hybridized carbons (Fsp3) is 0.150. The third-order valence-electron chi connectivity index (χ3n) is 4.29. The van der Waals surface area contributed by atoms with Crippen LogP contribution in [-0.4, -0.2) is 37.0 Å². The Morgan fingerprint density at radius 1 is 1.11 bits per heavy atom. The van der Waals surface area contributed by atoms with Crippen molar-refractivity contribution in [1.82, 2.24) is 4.98 Å². The number of fused-ring (bicyclic) bond motifs is 1.